The number of hydrogen-bond donors (Lipinski definition) is 1. The largest absolute Gasteiger partial charge is 0.325 e. The van der Waals surface area contributed by atoms with E-state index >= 15 is 0 Å². The number of amides is 1. The second-order valence-electron chi connectivity index (χ2n) is 6.27. The van der Waals surface area contributed by atoms with Crippen molar-refractivity contribution in [1.29, 1.82) is 0 Å². The van der Waals surface area contributed by atoms with Gasteiger partial charge in [0.15, 0.2) is 5.16 Å². The zero-order valence-electron chi connectivity index (χ0n) is 15.7. The maximum absolute atomic E-state index is 13.4. The average molecular weight is 451 g/mol. The van der Waals surface area contributed by atoms with Gasteiger partial charge in [0.25, 0.3) is 5.56 Å². The predicted octanol–water partition coefficient (Wildman–Crippen LogP) is 4.24. The number of nitro groups is 1. The number of rotatable bonds is 7. The first-order valence-corrected chi connectivity index (χ1v) is 10.2. The van der Waals surface area contributed by atoms with E-state index in [1.807, 2.05) is 6.92 Å². The van der Waals surface area contributed by atoms with Crippen molar-refractivity contribution in [3.8, 4) is 0 Å². The zero-order valence-corrected chi connectivity index (χ0v) is 17.3. The first kappa shape index (κ1) is 21.7. The van der Waals surface area contributed by atoms with Gasteiger partial charge in [-0.25, -0.2) is 4.98 Å². The minimum Gasteiger partial charge on any atom is -0.325 e. The highest BCUT2D eigenvalue weighted by Gasteiger charge is 2.17. The van der Waals surface area contributed by atoms with E-state index < -0.39 is 22.3 Å². The van der Waals surface area contributed by atoms with Crippen LogP contribution < -0.4 is 10.9 Å². The lowest BCUT2D eigenvalue weighted by Gasteiger charge is -2.12. The van der Waals surface area contributed by atoms with Crippen molar-refractivity contribution in [3.05, 3.63) is 67.7 Å². The maximum Gasteiger partial charge on any atom is 0.306 e. The van der Waals surface area contributed by atoms with Gasteiger partial charge in [0, 0.05) is 23.3 Å². The quantitative estimate of drug-likeness (QED) is 0.250. The fourth-order valence-corrected chi connectivity index (χ4v) is 3.75. The summed E-state index contributed by atoms with van der Waals surface area (Å²) in [5.74, 6) is -1.58. The van der Waals surface area contributed by atoms with Gasteiger partial charge >= 0.3 is 5.69 Å². The third-order valence-corrected chi connectivity index (χ3v) is 5.30. The molecule has 0 unspecified atom stereocenters. The predicted molar refractivity (Wildman–Crippen MR) is 114 cm³/mol. The molecule has 30 heavy (non-hydrogen) atoms. The summed E-state index contributed by atoms with van der Waals surface area (Å²) in [5.41, 5.74) is -0.435. The van der Waals surface area contributed by atoms with Crippen LogP contribution in [-0.4, -0.2) is 26.1 Å². The Hall–Kier alpha value is -2.98. The summed E-state index contributed by atoms with van der Waals surface area (Å²) in [7, 11) is 0. The summed E-state index contributed by atoms with van der Waals surface area (Å²) in [4.78, 5) is 39.5. The number of anilines is 1. The summed E-state index contributed by atoms with van der Waals surface area (Å²) in [6.07, 6.45) is 0.694. The van der Waals surface area contributed by atoms with Crippen LogP contribution in [0.1, 0.15) is 13.3 Å². The molecule has 3 aromatic rings. The third kappa shape index (κ3) is 4.77. The minimum atomic E-state index is -0.991. The van der Waals surface area contributed by atoms with Gasteiger partial charge in [-0.15, -0.1) is 0 Å². The summed E-state index contributed by atoms with van der Waals surface area (Å²) >= 11 is 7.05. The van der Waals surface area contributed by atoms with Crippen LogP contribution in [0.5, 0.6) is 0 Å². The molecule has 8 nitrogen and oxygen atoms in total. The molecule has 0 atom stereocenters. The second kappa shape index (κ2) is 9.23. The van der Waals surface area contributed by atoms with Gasteiger partial charge in [0.2, 0.25) is 11.7 Å². The number of nitro benzene ring substituents is 1. The molecule has 1 N–H and O–H groups in total. The van der Waals surface area contributed by atoms with Gasteiger partial charge in [0.05, 0.1) is 21.6 Å². The van der Waals surface area contributed by atoms with Crippen LogP contribution in [-0.2, 0) is 11.3 Å². The van der Waals surface area contributed by atoms with Crippen molar-refractivity contribution in [2.75, 3.05) is 11.1 Å². The molecule has 0 bridgehead atoms. The van der Waals surface area contributed by atoms with Crippen LogP contribution >= 0.6 is 23.4 Å². The molecule has 156 valence electrons. The Kier molecular flexibility index (Phi) is 6.68. The Bertz CT molecular complexity index is 1200. The Morgan fingerprint density at radius 1 is 1.33 bits per heavy atom. The number of thioether (sulfide) groups is 1. The number of nitrogens with zero attached hydrogens (tertiary/aromatic N) is 3. The lowest BCUT2D eigenvalue weighted by Crippen LogP contribution is -2.24. The highest BCUT2D eigenvalue weighted by atomic mass is 35.5. The molecule has 0 radical (unpaired) electrons. The molecule has 1 amide bonds. The summed E-state index contributed by atoms with van der Waals surface area (Å²) in [6, 6.07) is 7.90. The Morgan fingerprint density at radius 3 is 2.80 bits per heavy atom. The lowest BCUT2D eigenvalue weighted by atomic mass is 10.2. The van der Waals surface area contributed by atoms with Gasteiger partial charge in [-0.05, 0) is 36.8 Å². The van der Waals surface area contributed by atoms with Crippen molar-refractivity contribution in [2.24, 2.45) is 0 Å². The molecule has 0 saturated carbocycles. The SMILES string of the molecule is CCCn1c(SCC(=O)Nc2ccc(F)c([N+](=O)[O-])c2)nc2cc(Cl)ccc2c1=O. The number of benzene rings is 2. The van der Waals surface area contributed by atoms with E-state index in [2.05, 4.69) is 10.3 Å². The van der Waals surface area contributed by atoms with Crippen LogP contribution in [0.25, 0.3) is 10.9 Å². The van der Waals surface area contributed by atoms with Gasteiger partial charge in [-0.2, -0.15) is 4.39 Å². The molecule has 3 rings (SSSR count). The standard InChI is InChI=1S/C19H16ClFN4O4S/c1-2-7-24-18(27)13-5-3-11(20)8-15(13)23-19(24)30-10-17(26)22-12-4-6-14(21)16(9-12)25(28)29/h3-6,8-9H,2,7,10H2,1H3,(H,22,26). The lowest BCUT2D eigenvalue weighted by molar-refractivity contribution is -0.387. The molecular formula is C19H16ClFN4O4S. The molecular weight excluding hydrogens is 435 g/mol. The fraction of sp³-hybridized carbons (Fsp3) is 0.211. The number of carbonyl (C=O) groups is 1. The van der Waals surface area contributed by atoms with Crippen LogP contribution in [0.3, 0.4) is 0 Å². The summed E-state index contributed by atoms with van der Waals surface area (Å²) in [6.45, 7) is 2.35. The van der Waals surface area contributed by atoms with E-state index in [1.165, 1.54) is 10.6 Å². The smallest absolute Gasteiger partial charge is 0.306 e. The van der Waals surface area contributed by atoms with E-state index in [0.29, 0.717) is 34.0 Å². The Balaban J connectivity index is 1.81. The number of carbonyl (C=O) groups excluding carboxylic acids is 1. The van der Waals surface area contributed by atoms with Crippen LogP contribution in [0, 0.1) is 15.9 Å². The molecule has 0 spiro atoms. The molecule has 0 saturated heterocycles. The molecule has 0 fully saturated rings. The van der Waals surface area contributed by atoms with Gasteiger partial charge < -0.3 is 5.32 Å². The van der Waals surface area contributed by atoms with Crippen molar-refractivity contribution in [1.82, 2.24) is 9.55 Å². The van der Waals surface area contributed by atoms with Crippen molar-refractivity contribution in [2.45, 2.75) is 25.0 Å². The summed E-state index contributed by atoms with van der Waals surface area (Å²) in [5, 5.41) is 14.5. The van der Waals surface area contributed by atoms with Crippen molar-refractivity contribution < 1.29 is 14.1 Å². The van der Waals surface area contributed by atoms with E-state index in [-0.39, 0.29) is 17.0 Å². The first-order chi connectivity index (χ1) is 14.3. The highest BCUT2D eigenvalue weighted by Crippen LogP contribution is 2.23. The number of aromatic nitrogens is 2. The average Bonchev–Trinajstić information content (AvgIpc) is 2.70. The van der Waals surface area contributed by atoms with Crippen LogP contribution in [0.15, 0.2) is 46.3 Å². The van der Waals surface area contributed by atoms with Crippen molar-refractivity contribution in [3.63, 3.8) is 0 Å². The minimum absolute atomic E-state index is 0.0953. The van der Waals surface area contributed by atoms with E-state index in [9.17, 15) is 24.1 Å². The third-order valence-electron chi connectivity index (χ3n) is 4.09. The van der Waals surface area contributed by atoms with Crippen LogP contribution in [0.4, 0.5) is 15.8 Å². The summed E-state index contributed by atoms with van der Waals surface area (Å²) < 4.78 is 14.9. The normalized spacial score (nSPS) is 10.9. The van der Waals surface area contributed by atoms with E-state index in [0.717, 1.165) is 23.9 Å². The maximum atomic E-state index is 13.4. The monoisotopic (exact) mass is 450 g/mol. The van der Waals surface area contributed by atoms with Gasteiger partial charge in [-0.3, -0.25) is 24.3 Å². The second-order valence-corrected chi connectivity index (χ2v) is 7.65. The molecule has 0 aliphatic rings. The number of hydrogen-bond acceptors (Lipinski definition) is 6. The van der Waals surface area contributed by atoms with Gasteiger partial charge in [-0.1, -0.05) is 30.3 Å². The zero-order chi connectivity index (χ0) is 21.8. The van der Waals surface area contributed by atoms with E-state index in [1.54, 1.807) is 18.2 Å². The van der Waals surface area contributed by atoms with Crippen LogP contribution in [0.2, 0.25) is 5.02 Å². The molecule has 0 aliphatic carbocycles. The Morgan fingerprint density at radius 2 is 2.10 bits per heavy atom. The molecule has 0 aliphatic heterocycles. The van der Waals surface area contributed by atoms with E-state index in [4.69, 9.17) is 11.6 Å². The molecule has 1 aromatic heterocycles. The highest BCUT2D eigenvalue weighted by molar-refractivity contribution is 7.99. The first-order valence-electron chi connectivity index (χ1n) is 8.87. The number of fused-ring (bicyclic) bond motifs is 1. The van der Waals surface area contributed by atoms with Crippen molar-refractivity contribution >= 4 is 51.5 Å². The topological polar surface area (TPSA) is 107 Å². The number of halogens is 2. The molecule has 2 aromatic carbocycles. The number of nitrogens with one attached hydrogen (secondary N) is 1. The fourth-order valence-electron chi connectivity index (χ4n) is 2.76. The molecule has 11 heteroatoms. The Labute approximate surface area is 179 Å². The van der Waals surface area contributed by atoms with Gasteiger partial charge in [0.1, 0.15) is 0 Å². The molecule has 1 heterocycles.